The molecule has 0 saturated heterocycles. The molecule has 0 bridgehead atoms. The van der Waals surface area contributed by atoms with Crippen LogP contribution in [0.1, 0.15) is 30.5 Å². The van der Waals surface area contributed by atoms with Gasteiger partial charge in [-0.05, 0) is 36.2 Å². The standard InChI is InChI=1S/C18H19NO/c1-2-18(19)16-10-12-17(13-11-16)20-14-6-9-15-7-4-3-5-8-15/h3-5,7-8,10-13,18H,2,14,19H2,1H3. The predicted octanol–water partition coefficient (Wildman–Crippen LogP) is 3.53. The molecule has 20 heavy (non-hydrogen) atoms. The van der Waals surface area contributed by atoms with E-state index in [1.54, 1.807) is 0 Å². The van der Waals surface area contributed by atoms with Crippen LogP contribution in [0.2, 0.25) is 0 Å². The highest BCUT2D eigenvalue weighted by atomic mass is 16.5. The average molecular weight is 265 g/mol. The summed E-state index contributed by atoms with van der Waals surface area (Å²) in [6.45, 7) is 2.46. The van der Waals surface area contributed by atoms with Crippen LogP contribution in [0.25, 0.3) is 0 Å². The molecule has 0 spiro atoms. The van der Waals surface area contributed by atoms with E-state index in [1.165, 1.54) is 0 Å². The van der Waals surface area contributed by atoms with Crippen LogP contribution in [0, 0.1) is 11.8 Å². The molecule has 2 nitrogen and oxygen atoms in total. The zero-order valence-electron chi connectivity index (χ0n) is 11.7. The molecule has 2 aromatic carbocycles. The molecule has 0 aliphatic heterocycles. The zero-order chi connectivity index (χ0) is 14.2. The second-order valence-electron chi connectivity index (χ2n) is 4.54. The quantitative estimate of drug-likeness (QED) is 0.858. The van der Waals surface area contributed by atoms with Gasteiger partial charge in [0.2, 0.25) is 0 Å². The van der Waals surface area contributed by atoms with Crippen LogP contribution in [0.3, 0.4) is 0 Å². The lowest BCUT2D eigenvalue weighted by Gasteiger charge is -2.09. The van der Waals surface area contributed by atoms with Crippen molar-refractivity contribution in [2.45, 2.75) is 19.4 Å². The summed E-state index contributed by atoms with van der Waals surface area (Å²) in [4.78, 5) is 0. The summed E-state index contributed by atoms with van der Waals surface area (Å²) in [7, 11) is 0. The third-order valence-electron chi connectivity index (χ3n) is 3.07. The van der Waals surface area contributed by atoms with Crippen LogP contribution < -0.4 is 10.5 Å². The minimum atomic E-state index is 0.0990. The summed E-state index contributed by atoms with van der Waals surface area (Å²) in [6.07, 6.45) is 0.933. The molecule has 0 aliphatic rings. The maximum absolute atomic E-state index is 5.97. The molecule has 0 heterocycles. The maximum Gasteiger partial charge on any atom is 0.149 e. The lowest BCUT2D eigenvalue weighted by molar-refractivity contribution is 0.370. The highest BCUT2D eigenvalue weighted by molar-refractivity contribution is 5.34. The van der Waals surface area contributed by atoms with Crippen molar-refractivity contribution in [1.82, 2.24) is 0 Å². The first-order valence-electron chi connectivity index (χ1n) is 6.82. The van der Waals surface area contributed by atoms with Gasteiger partial charge in [-0.2, -0.15) is 0 Å². The van der Waals surface area contributed by atoms with Crippen molar-refractivity contribution in [2.75, 3.05) is 6.61 Å². The van der Waals surface area contributed by atoms with E-state index in [2.05, 4.69) is 18.8 Å². The van der Waals surface area contributed by atoms with Crippen LogP contribution >= 0.6 is 0 Å². The van der Waals surface area contributed by atoms with E-state index in [9.17, 15) is 0 Å². The van der Waals surface area contributed by atoms with Crippen LogP contribution in [-0.2, 0) is 0 Å². The fourth-order valence-electron chi connectivity index (χ4n) is 1.83. The van der Waals surface area contributed by atoms with Gasteiger partial charge in [0.25, 0.3) is 0 Å². The fourth-order valence-corrected chi connectivity index (χ4v) is 1.83. The van der Waals surface area contributed by atoms with Crippen LogP contribution in [-0.4, -0.2) is 6.61 Å². The monoisotopic (exact) mass is 265 g/mol. The van der Waals surface area contributed by atoms with Gasteiger partial charge >= 0.3 is 0 Å². The molecular weight excluding hydrogens is 246 g/mol. The molecule has 2 N–H and O–H groups in total. The van der Waals surface area contributed by atoms with Gasteiger partial charge < -0.3 is 10.5 Å². The molecule has 0 aromatic heterocycles. The van der Waals surface area contributed by atoms with Gasteiger partial charge in [0.15, 0.2) is 0 Å². The van der Waals surface area contributed by atoms with Crippen molar-refractivity contribution < 1.29 is 4.74 Å². The molecule has 0 amide bonds. The Morgan fingerprint density at radius 3 is 2.40 bits per heavy atom. The van der Waals surface area contributed by atoms with E-state index < -0.39 is 0 Å². The SMILES string of the molecule is CCC(N)c1ccc(OCC#Cc2ccccc2)cc1. The maximum atomic E-state index is 5.97. The van der Waals surface area contributed by atoms with Crippen molar-refractivity contribution in [3.63, 3.8) is 0 Å². The molecule has 0 fully saturated rings. The number of hydrogen-bond donors (Lipinski definition) is 1. The molecule has 102 valence electrons. The number of rotatable bonds is 4. The van der Waals surface area contributed by atoms with Crippen LogP contribution in [0.4, 0.5) is 0 Å². The number of ether oxygens (including phenoxy) is 1. The Bertz CT molecular complexity index is 578. The second-order valence-corrected chi connectivity index (χ2v) is 4.54. The van der Waals surface area contributed by atoms with E-state index in [4.69, 9.17) is 10.5 Å². The third kappa shape index (κ3) is 4.15. The highest BCUT2D eigenvalue weighted by Crippen LogP contribution is 2.18. The molecule has 1 atom stereocenters. The number of benzene rings is 2. The molecule has 1 unspecified atom stereocenters. The lowest BCUT2D eigenvalue weighted by atomic mass is 10.1. The van der Waals surface area contributed by atoms with Crippen molar-refractivity contribution in [2.24, 2.45) is 5.73 Å². The van der Waals surface area contributed by atoms with Crippen LogP contribution in [0.15, 0.2) is 54.6 Å². The van der Waals surface area contributed by atoms with Crippen molar-refractivity contribution in [3.05, 3.63) is 65.7 Å². The first-order chi connectivity index (χ1) is 9.79. The van der Waals surface area contributed by atoms with Crippen LogP contribution in [0.5, 0.6) is 5.75 Å². The van der Waals surface area contributed by atoms with E-state index in [1.807, 2.05) is 54.6 Å². The minimum Gasteiger partial charge on any atom is -0.481 e. The second kappa shape index (κ2) is 7.37. The Labute approximate surface area is 120 Å². The largest absolute Gasteiger partial charge is 0.481 e. The summed E-state index contributed by atoms with van der Waals surface area (Å²) >= 11 is 0. The first kappa shape index (κ1) is 14.2. The minimum absolute atomic E-state index is 0.0990. The fraction of sp³-hybridized carbons (Fsp3) is 0.222. The summed E-state index contributed by atoms with van der Waals surface area (Å²) < 4.78 is 5.58. The predicted molar refractivity (Wildman–Crippen MR) is 82.5 cm³/mol. The van der Waals surface area contributed by atoms with Crippen molar-refractivity contribution in [3.8, 4) is 17.6 Å². The Balaban J connectivity index is 1.87. The van der Waals surface area contributed by atoms with Gasteiger partial charge in [-0.1, -0.05) is 49.1 Å². The van der Waals surface area contributed by atoms with Gasteiger partial charge in [0.05, 0.1) is 0 Å². The van der Waals surface area contributed by atoms with E-state index in [-0.39, 0.29) is 6.04 Å². The molecule has 2 rings (SSSR count). The van der Waals surface area contributed by atoms with Crippen molar-refractivity contribution >= 4 is 0 Å². The van der Waals surface area contributed by atoms with E-state index >= 15 is 0 Å². The zero-order valence-corrected chi connectivity index (χ0v) is 11.7. The Morgan fingerprint density at radius 2 is 1.75 bits per heavy atom. The van der Waals surface area contributed by atoms with Crippen molar-refractivity contribution in [1.29, 1.82) is 0 Å². The lowest BCUT2D eigenvalue weighted by Crippen LogP contribution is -2.08. The van der Waals surface area contributed by atoms with E-state index in [0.717, 1.165) is 23.3 Å². The number of nitrogens with two attached hydrogens (primary N) is 1. The van der Waals surface area contributed by atoms with Gasteiger partial charge in [-0.25, -0.2) is 0 Å². The normalized spacial score (nSPS) is 11.3. The first-order valence-corrected chi connectivity index (χ1v) is 6.82. The summed E-state index contributed by atoms with van der Waals surface area (Å²) in [5.41, 5.74) is 8.10. The summed E-state index contributed by atoms with van der Waals surface area (Å²) in [5.74, 6) is 6.88. The molecule has 0 radical (unpaired) electrons. The Hall–Kier alpha value is -2.24. The van der Waals surface area contributed by atoms with Gasteiger partial charge in [0, 0.05) is 11.6 Å². The van der Waals surface area contributed by atoms with Gasteiger partial charge in [0.1, 0.15) is 12.4 Å². The Kier molecular flexibility index (Phi) is 5.23. The molecule has 2 aromatic rings. The molecule has 0 aliphatic carbocycles. The molecule has 0 saturated carbocycles. The molecular formula is C18H19NO. The summed E-state index contributed by atoms with van der Waals surface area (Å²) in [6, 6.07) is 17.9. The van der Waals surface area contributed by atoms with Gasteiger partial charge in [-0.3, -0.25) is 0 Å². The average Bonchev–Trinajstić information content (AvgIpc) is 2.52. The molecule has 2 heteroatoms. The smallest absolute Gasteiger partial charge is 0.149 e. The topological polar surface area (TPSA) is 35.2 Å². The van der Waals surface area contributed by atoms with Gasteiger partial charge in [-0.15, -0.1) is 0 Å². The Morgan fingerprint density at radius 1 is 1.05 bits per heavy atom. The van der Waals surface area contributed by atoms with E-state index in [0.29, 0.717) is 6.61 Å². The highest BCUT2D eigenvalue weighted by Gasteiger charge is 2.02. The number of hydrogen-bond acceptors (Lipinski definition) is 2. The third-order valence-corrected chi connectivity index (χ3v) is 3.07. The summed E-state index contributed by atoms with van der Waals surface area (Å²) in [5, 5.41) is 0.